The first-order chi connectivity index (χ1) is 6.12. The molecule has 1 aliphatic rings. The molecule has 0 spiro atoms. The molecule has 0 aliphatic heterocycles. The van der Waals surface area contributed by atoms with Crippen molar-refractivity contribution in [3.8, 4) is 0 Å². The Hall–Kier alpha value is -0.620. The summed E-state index contributed by atoms with van der Waals surface area (Å²) in [5.41, 5.74) is 0.431. The van der Waals surface area contributed by atoms with Crippen LogP contribution in [0, 0.1) is 0 Å². The van der Waals surface area contributed by atoms with Crippen LogP contribution in [0.4, 0.5) is 4.79 Å². The second-order valence-electron chi connectivity index (χ2n) is 3.00. The summed E-state index contributed by atoms with van der Waals surface area (Å²) in [7, 11) is 0. The van der Waals surface area contributed by atoms with E-state index < -0.39 is 11.6 Å². The molecule has 2 N–H and O–H groups in total. The molecule has 2 rings (SSSR count). The lowest BCUT2D eigenvalue weighted by molar-refractivity contribution is 0.188. The molecule has 0 unspecified atom stereocenters. The highest BCUT2D eigenvalue weighted by Gasteiger charge is 2.47. The Morgan fingerprint density at radius 1 is 1.77 bits per heavy atom. The minimum atomic E-state index is -0.985. The van der Waals surface area contributed by atoms with E-state index in [9.17, 15) is 4.79 Å². The standard InChI is InChI=1S/C7H7BrN2O2S/c8-5-9-4(3-13-5)7(1-2-7)10-6(11)12/h3,10H,1-2H2,(H,11,12). The molecule has 0 aromatic carbocycles. The largest absolute Gasteiger partial charge is 0.465 e. The van der Waals surface area contributed by atoms with Gasteiger partial charge in [0.1, 0.15) is 0 Å². The van der Waals surface area contributed by atoms with Crippen molar-refractivity contribution in [2.45, 2.75) is 18.4 Å². The molecule has 1 heterocycles. The average Bonchev–Trinajstić information content (AvgIpc) is 2.65. The molecular weight excluding hydrogens is 256 g/mol. The number of aromatic nitrogens is 1. The minimum Gasteiger partial charge on any atom is -0.465 e. The third kappa shape index (κ3) is 1.68. The molecule has 0 bridgehead atoms. The second kappa shape index (κ2) is 2.95. The number of thiazole rings is 1. The molecular formula is C7H7BrN2O2S. The molecule has 1 aromatic heterocycles. The molecule has 13 heavy (non-hydrogen) atoms. The summed E-state index contributed by atoms with van der Waals surface area (Å²) >= 11 is 4.72. The van der Waals surface area contributed by atoms with Gasteiger partial charge in [-0.15, -0.1) is 11.3 Å². The molecule has 4 nitrogen and oxygen atoms in total. The topological polar surface area (TPSA) is 62.2 Å². The highest BCUT2D eigenvalue weighted by molar-refractivity contribution is 9.11. The van der Waals surface area contributed by atoms with Gasteiger partial charge < -0.3 is 10.4 Å². The number of nitrogens with zero attached hydrogens (tertiary/aromatic N) is 1. The van der Waals surface area contributed by atoms with E-state index in [1.807, 2.05) is 5.38 Å². The van der Waals surface area contributed by atoms with E-state index in [-0.39, 0.29) is 0 Å². The van der Waals surface area contributed by atoms with Gasteiger partial charge in [0.05, 0.1) is 11.2 Å². The summed E-state index contributed by atoms with van der Waals surface area (Å²) in [6.45, 7) is 0. The van der Waals surface area contributed by atoms with Crippen LogP contribution in [0.15, 0.2) is 9.30 Å². The zero-order valence-corrected chi connectivity index (χ0v) is 8.98. The molecule has 0 atom stereocenters. The summed E-state index contributed by atoms with van der Waals surface area (Å²) in [4.78, 5) is 14.7. The van der Waals surface area contributed by atoms with Gasteiger partial charge in [-0.2, -0.15) is 0 Å². The predicted molar refractivity (Wildman–Crippen MR) is 51.9 cm³/mol. The van der Waals surface area contributed by atoms with Crippen LogP contribution in [0.5, 0.6) is 0 Å². The first-order valence-electron chi connectivity index (χ1n) is 3.75. The van der Waals surface area contributed by atoms with E-state index in [1.165, 1.54) is 11.3 Å². The van der Waals surface area contributed by atoms with E-state index in [4.69, 9.17) is 5.11 Å². The van der Waals surface area contributed by atoms with Crippen molar-refractivity contribution in [1.82, 2.24) is 10.3 Å². The monoisotopic (exact) mass is 262 g/mol. The van der Waals surface area contributed by atoms with Crippen molar-refractivity contribution < 1.29 is 9.90 Å². The normalized spacial score (nSPS) is 18.2. The highest BCUT2D eigenvalue weighted by Crippen LogP contribution is 2.45. The molecule has 1 aromatic rings. The molecule has 1 aliphatic carbocycles. The van der Waals surface area contributed by atoms with E-state index >= 15 is 0 Å². The Bertz CT molecular complexity index is 348. The Balaban J connectivity index is 2.20. The first-order valence-corrected chi connectivity index (χ1v) is 5.42. The number of rotatable bonds is 2. The van der Waals surface area contributed by atoms with Crippen LogP contribution in [0.3, 0.4) is 0 Å². The summed E-state index contributed by atoms with van der Waals surface area (Å²) in [6, 6.07) is 0. The fourth-order valence-electron chi connectivity index (χ4n) is 1.25. The molecule has 1 amide bonds. The highest BCUT2D eigenvalue weighted by atomic mass is 79.9. The zero-order valence-electron chi connectivity index (χ0n) is 6.58. The third-order valence-corrected chi connectivity index (χ3v) is 3.43. The summed E-state index contributed by atoms with van der Waals surface area (Å²) in [5, 5.41) is 13.0. The Morgan fingerprint density at radius 2 is 2.46 bits per heavy atom. The smallest absolute Gasteiger partial charge is 0.405 e. The predicted octanol–water partition coefficient (Wildman–Crippen LogP) is 2.16. The Morgan fingerprint density at radius 3 is 2.85 bits per heavy atom. The molecule has 70 valence electrons. The quantitative estimate of drug-likeness (QED) is 0.859. The van der Waals surface area contributed by atoms with Gasteiger partial charge in [-0.3, -0.25) is 0 Å². The number of carbonyl (C=O) groups is 1. The van der Waals surface area contributed by atoms with E-state index in [0.29, 0.717) is 0 Å². The van der Waals surface area contributed by atoms with E-state index in [1.54, 1.807) is 0 Å². The van der Waals surface area contributed by atoms with Crippen molar-refractivity contribution in [2.75, 3.05) is 0 Å². The van der Waals surface area contributed by atoms with Crippen molar-refractivity contribution in [3.63, 3.8) is 0 Å². The van der Waals surface area contributed by atoms with E-state index in [2.05, 4.69) is 26.2 Å². The number of nitrogens with one attached hydrogen (secondary N) is 1. The number of hydrogen-bond acceptors (Lipinski definition) is 3. The van der Waals surface area contributed by atoms with Crippen molar-refractivity contribution in [1.29, 1.82) is 0 Å². The maximum Gasteiger partial charge on any atom is 0.405 e. The Kier molecular flexibility index (Phi) is 2.03. The average molecular weight is 263 g/mol. The van der Waals surface area contributed by atoms with Crippen molar-refractivity contribution >= 4 is 33.4 Å². The first kappa shape index (κ1) is 8.96. The molecule has 6 heteroatoms. The van der Waals surface area contributed by atoms with Gasteiger partial charge in [-0.05, 0) is 28.8 Å². The number of carboxylic acid groups (broad SMARTS) is 1. The molecule has 0 radical (unpaired) electrons. The second-order valence-corrected chi connectivity index (χ2v) is 5.13. The van der Waals surface area contributed by atoms with Gasteiger partial charge in [0, 0.05) is 5.38 Å². The zero-order chi connectivity index (χ0) is 9.47. The molecule has 0 saturated heterocycles. The maximum atomic E-state index is 10.5. The number of amides is 1. The van der Waals surface area contributed by atoms with Gasteiger partial charge in [-0.25, -0.2) is 9.78 Å². The summed E-state index contributed by atoms with van der Waals surface area (Å²) < 4.78 is 0.793. The van der Waals surface area contributed by atoms with Crippen molar-refractivity contribution in [2.24, 2.45) is 0 Å². The van der Waals surface area contributed by atoms with Gasteiger partial charge in [0.2, 0.25) is 0 Å². The van der Waals surface area contributed by atoms with Gasteiger partial charge in [0.15, 0.2) is 3.92 Å². The van der Waals surface area contributed by atoms with Gasteiger partial charge in [0.25, 0.3) is 0 Å². The lowest BCUT2D eigenvalue weighted by Crippen LogP contribution is -2.33. The van der Waals surface area contributed by atoms with Crippen LogP contribution in [0.1, 0.15) is 18.5 Å². The van der Waals surface area contributed by atoms with Crippen molar-refractivity contribution in [3.05, 3.63) is 15.0 Å². The minimum absolute atomic E-state index is 0.394. The lowest BCUT2D eigenvalue weighted by atomic mass is 10.2. The Labute approximate surface area is 87.1 Å². The van der Waals surface area contributed by atoms with Crippen LogP contribution in [0.2, 0.25) is 0 Å². The fourth-order valence-corrected chi connectivity index (χ4v) is 2.36. The molecule has 1 saturated carbocycles. The maximum absolute atomic E-state index is 10.5. The van der Waals surface area contributed by atoms with Crippen LogP contribution in [0.25, 0.3) is 0 Å². The SMILES string of the molecule is O=C(O)NC1(c2csc(Br)n2)CC1. The lowest BCUT2D eigenvalue weighted by Gasteiger charge is -2.11. The fraction of sp³-hybridized carbons (Fsp3) is 0.429. The van der Waals surface area contributed by atoms with Gasteiger partial charge >= 0.3 is 6.09 Å². The van der Waals surface area contributed by atoms with Crippen LogP contribution < -0.4 is 5.32 Å². The van der Waals surface area contributed by atoms with Crippen LogP contribution in [-0.4, -0.2) is 16.2 Å². The number of hydrogen-bond donors (Lipinski definition) is 2. The number of halogens is 1. The summed E-state index contributed by atoms with van der Waals surface area (Å²) in [6.07, 6.45) is 0.701. The third-order valence-electron chi connectivity index (χ3n) is 2.06. The molecule has 1 fully saturated rings. The van der Waals surface area contributed by atoms with Crippen LogP contribution >= 0.6 is 27.3 Å². The van der Waals surface area contributed by atoms with Crippen LogP contribution in [-0.2, 0) is 5.54 Å². The van der Waals surface area contributed by atoms with E-state index in [0.717, 1.165) is 22.5 Å². The van der Waals surface area contributed by atoms with Gasteiger partial charge in [-0.1, -0.05) is 0 Å². The summed E-state index contributed by atoms with van der Waals surface area (Å²) in [5.74, 6) is 0.